The van der Waals surface area contributed by atoms with Crippen molar-refractivity contribution in [3.05, 3.63) is 23.4 Å². The Kier molecular flexibility index (Phi) is 7.16. The number of carbonyl (C=O) groups excluding carboxylic acids is 2. The highest BCUT2D eigenvalue weighted by molar-refractivity contribution is 7.99. The minimum absolute atomic E-state index is 0.0593. The SMILES string of the molecule is CCCSc1nc([C@]2(CC(=O)OC)CCCNC2)ccc1C(=O)N[C@H]1C2CC3CC1C[C@@](O)(C3)C2. The number of thioether (sulfide) groups is 1. The van der Waals surface area contributed by atoms with Crippen molar-refractivity contribution in [1.29, 1.82) is 0 Å². The fraction of sp³-hybridized carbons (Fsp3) is 0.741. The Bertz CT molecular complexity index is 948. The van der Waals surface area contributed by atoms with E-state index in [2.05, 4.69) is 17.6 Å². The van der Waals surface area contributed by atoms with E-state index in [1.807, 2.05) is 12.1 Å². The van der Waals surface area contributed by atoms with Crippen molar-refractivity contribution in [2.75, 3.05) is 26.0 Å². The van der Waals surface area contributed by atoms with Gasteiger partial charge in [0.2, 0.25) is 0 Å². The molecule has 1 amide bonds. The monoisotopic (exact) mass is 501 g/mol. The number of hydrogen-bond acceptors (Lipinski definition) is 7. The third kappa shape index (κ3) is 4.98. The largest absolute Gasteiger partial charge is 0.469 e. The highest BCUT2D eigenvalue weighted by atomic mass is 32.2. The highest BCUT2D eigenvalue weighted by Crippen LogP contribution is 2.55. The lowest BCUT2D eigenvalue weighted by molar-refractivity contribution is -0.142. The van der Waals surface area contributed by atoms with Gasteiger partial charge in [-0.05, 0) is 93.6 Å². The van der Waals surface area contributed by atoms with Gasteiger partial charge in [0.25, 0.3) is 5.91 Å². The number of piperidine rings is 1. The maximum absolute atomic E-state index is 13.6. The second kappa shape index (κ2) is 10.0. The van der Waals surface area contributed by atoms with Crippen LogP contribution >= 0.6 is 11.8 Å². The fourth-order valence-electron chi connectivity index (χ4n) is 7.44. The van der Waals surface area contributed by atoms with Crippen LogP contribution in [-0.2, 0) is 14.9 Å². The third-order valence-electron chi connectivity index (χ3n) is 8.81. The molecule has 1 aliphatic heterocycles. The molecule has 4 bridgehead atoms. The number of esters is 1. The van der Waals surface area contributed by atoms with Gasteiger partial charge in [-0.2, -0.15) is 0 Å². The lowest BCUT2D eigenvalue weighted by atomic mass is 9.52. The van der Waals surface area contributed by atoms with Gasteiger partial charge in [0.1, 0.15) is 5.03 Å². The van der Waals surface area contributed by atoms with E-state index in [-0.39, 0.29) is 24.3 Å². The van der Waals surface area contributed by atoms with Gasteiger partial charge >= 0.3 is 5.97 Å². The fourth-order valence-corrected chi connectivity index (χ4v) is 8.32. The van der Waals surface area contributed by atoms with E-state index in [1.165, 1.54) is 7.11 Å². The molecule has 3 N–H and O–H groups in total. The Balaban J connectivity index is 1.40. The lowest BCUT2D eigenvalue weighted by Gasteiger charge is -2.58. The first-order chi connectivity index (χ1) is 16.8. The molecule has 0 radical (unpaired) electrons. The number of hydrogen-bond donors (Lipinski definition) is 3. The van der Waals surface area contributed by atoms with Crippen LogP contribution in [0, 0.1) is 17.8 Å². The quantitative estimate of drug-likeness (QED) is 0.371. The Morgan fingerprint density at radius 2 is 2.03 bits per heavy atom. The number of nitrogens with one attached hydrogen (secondary N) is 2. The Labute approximate surface area is 212 Å². The summed E-state index contributed by atoms with van der Waals surface area (Å²) in [5, 5.41) is 18.5. The van der Waals surface area contributed by atoms with Crippen molar-refractivity contribution in [2.45, 2.75) is 86.8 Å². The molecule has 5 fully saturated rings. The zero-order valence-electron chi connectivity index (χ0n) is 21.0. The number of rotatable bonds is 8. The molecular weight excluding hydrogens is 462 g/mol. The summed E-state index contributed by atoms with van der Waals surface area (Å²) in [6.07, 6.45) is 7.87. The van der Waals surface area contributed by atoms with E-state index in [9.17, 15) is 14.7 Å². The Morgan fingerprint density at radius 1 is 1.26 bits per heavy atom. The van der Waals surface area contributed by atoms with Crippen LogP contribution in [0.2, 0.25) is 0 Å². The minimum atomic E-state index is -0.509. The molecule has 1 saturated heterocycles. The molecule has 7 nitrogen and oxygen atoms in total. The summed E-state index contributed by atoms with van der Waals surface area (Å²) in [5.74, 6) is 1.93. The molecule has 35 heavy (non-hydrogen) atoms. The molecule has 2 unspecified atom stereocenters. The molecule has 2 heterocycles. The van der Waals surface area contributed by atoms with E-state index in [0.717, 1.165) is 74.4 Å². The van der Waals surface area contributed by atoms with Crippen LogP contribution in [0.15, 0.2) is 17.2 Å². The molecule has 1 aromatic heterocycles. The van der Waals surface area contributed by atoms with Crippen LogP contribution < -0.4 is 10.6 Å². The summed E-state index contributed by atoms with van der Waals surface area (Å²) < 4.78 is 5.01. The number of pyridine rings is 1. The van der Waals surface area contributed by atoms with Crippen LogP contribution in [0.4, 0.5) is 0 Å². The van der Waals surface area contributed by atoms with Crippen LogP contribution in [0.1, 0.15) is 80.8 Å². The number of aromatic nitrogens is 1. The van der Waals surface area contributed by atoms with Crippen molar-refractivity contribution in [2.24, 2.45) is 17.8 Å². The summed E-state index contributed by atoms with van der Waals surface area (Å²) in [6, 6.07) is 3.99. The Hall–Kier alpha value is -1.64. The number of ether oxygens (including phenoxy) is 1. The van der Waals surface area contributed by atoms with Gasteiger partial charge in [0, 0.05) is 23.7 Å². The van der Waals surface area contributed by atoms with Gasteiger partial charge < -0.3 is 20.5 Å². The average molecular weight is 502 g/mol. The number of amides is 1. The molecule has 8 heteroatoms. The number of aliphatic hydroxyl groups is 1. The topological polar surface area (TPSA) is 101 Å². The molecule has 192 valence electrons. The lowest BCUT2D eigenvalue weighted by Crippen LogP contribution is -2.61. The summed E-state index contributed by atoms with van der Waals surface area (Å²) in [7, 11) is 1.43. The van der Waals surface area contributed by atoms with Gasteiger partial charge in [0.05, 0.1) is 24.7 Å². The average Bonchev–Trinajstić information content (AvgIpc) is 2.84. The highest BCUT2D eigenvalue weighted by Gasteiger charge is 2.55. The predicted molar refractivity (Wildman–Crippen MR) is 135 cm³/mol. The second-order valence-corrected chi connectivity index (χ2v) is 12.5. The summed E-state index contributed by atoms with van der Waals surface area (Å²) in [5.41, 5.74) is 0.558. The molecule has 0 spiro atoms. The first-order valence-electron chi connectivity index (χ1n) is 13.3. The summed E-state index contributed by atoms with van der Waals surface area (Å²) in [6.45, 7) is 3.73. The van der Waals surface area contributed by atoms with E-state index >= 15 is 0 Å². The van der Waals surface area contributed by atoms with Crippen molar-refractivity contribution < 1.29 is 19.4 Å². The number of nitrogens with zero attached hydrogens (tertiary/aromatic N) is 1. The first-order valence-corrected chi connectivity index (χ1v) is 14.3. The van der Waals surface area contributed by atoms with Crippen LogP contribution in [0.5, 0.6) is 0 Å². The zero-order chi connectivity index (χ0) is 24.6. The molecule has 3 atom stereocenters. The van der Waals surface area contributed by atoms with E-state index in [0.29, 0.717) is 29.9 Å². The standard InChI is InChI=1S/C27H39N3O4S/c1-3-9-35-25-20(5-6-21(29-25)26(15-22(31)34-2)7-4-8-28-16-26)24(32)30-23-18-10-17-11-19(23)14-27(33,12-17)13-18/h5-6,17-19,23,28,33H,3-4,7-16H2,1-2H3,(H,30,32)/t17?,18?,19?,23-,26-,27+/m0/s1. The van der Waals surface area contributed by atoms with Gasteiger partial charge in [-0.1, -0.05) is 6.92 Å². The molecule has 1 aromatic rings. The minimum Gasteiger partial charge on any atom is -0.469 e. The maximum atomic E-state index is 13.6. The Morgan fingerprint density at radius 3 is 2.66 bits per heavy atom. The van der Waals surface area contributed by atoms with Gasteiger partial charge in [-0.25, -0.2) is 4.98 Å². The normalized spacial score (nSPS) is 35.6. The molecule has 4 aliphatic carbocycles. The van der Waals surface area contributed by atoms with E-state index in [1.54, 1.807) is 11.8 Å². The van der Waals surface area contributed by atoms with E-state index in [4.69, 9.17) is 9.72 Å². The molecule has 5 aliphatic rings. The predicted octanol–water partition coefficient (Wildman–Crippen LogP) is 3.44. The zero-order valence-corrected chi connectivity index (χ0v) is 21.8. The molecular formula is C27H39N3O4S. The summed E-state index contributed by atoms with van der Waals surface area (Å²) >= 11 is 1.62. The van der Waals surface area contributed by atoms with Gasteiger partial charge in [0.15, 0.2) is 0 Å². The van der Waals surface area contributed by atoms with Gasteiger partial charge in [-0.15, -0.1) is 11.8 Å². The smallest absolute Gasteiger partial charge is 0.306 e. The van der Waals surface area contributed by atoms with Gasteiger partial charge in [-0.3, -0.25) is 9.59 Å². The second-order valence-electron chi connectivity index (χ2n) is 11.4. The van der Waals surface area contributed by atoms with Crippen molar-refractivity contribution in [3.8, 4) is 0 Å². The maximum Gasteiger partial charge on any atom is 0.306 e. The first kappa shape index (κ1) is 25.0. The summed E-state index contributed by atoms with van der Waals surface area (Å²) in [4.78, 5) is 30.9. The number of carbonyl (C=O) groups is 2. The van der Waals surface area contributed by atoms with E-state index < -0.39 is 11.0 Å². The molecule has 6 rings (SSSR count). The van der Waals surface area contributed by atoms with Crippen LogP contribution in [-0.4, -0.2) is 59.6 Å². The van der Waals surface area contributed by atoms with Crippen LogP contribution in [0.25, 0.3) is 0 Å². The molecule has 4 saturated carbocycles. The van der Waals surface area contributed by atoms with Crippen molar-refractivity contribution in [1.82, 2.24) is 15.6 Å². The van der Waals surface area contributed by atoms with Crippen molar-refractivity contribution >= 4 is 23.6 Å². The molecule has 0 aromatic carbocycles. The third-order valence-corrected chi connectivity index (χ3v) is 10.0. The van der Waals surface area contributed by atoms with Crippen molar-refractivity contribution in [3.63, 3.8) is 0 Å². The number of methoxy groups -OCH3 is 1. The van der Waals surface area contributed by atoms with Crippen LogP contribution in [0.3, 0.4) is 0 Å².